The molecule has 0 aliphatic carbocycles. The van der Waals surface area contributed by atoms with E-state index in [1.165, 1.54) is 44.4 Å². The highest BCUT2D eigenvalue weighted by Gasteiger charge is 2.10. The molecule has 0 aliphatic rings. The second-order valence-electron chi connectivity index (χ2n) is 4.25. The molecule has 0 bridgehead atoms. The van der Waals surface area contributed by atoms with Crippen molar-refractivity contribution < 1.29 is 24.0 Å². The summed E-state index contributed by atoms with van der Waals surface area (Å²) in [4.78, 5) is 32.3. The van der Waals surface area contributed by atoms with Crippen LogP contribution in [0.5, 0.6) is 0 Å². The van der Waals surface area contributed by atoms with Crippen molar-refractivity contribution >= 4 is 23.5 Å². The molecule has 7 nitrogen and oxygen atoms in total. The first kappa shape index (κ1) is 16.5. The van der Waals surface area contributed by atoms with Crippen LogP contribution in [-0.2, 0) is 19.1 Å². The zero-order valence-corrected chi connectivity index (χ0v) is 11.7. The largest absolute Gasteiger partial charge is 0.428 e. The van der Waals surface area contributed by atoms with E-state index in [-0.39, 0.29) is 30.3 Å². The van der Waals surface area contributed by atoms with Gasteiger partial charge in [0.25, 0.3) is 5.69 Å². The summed E-state index contributed by atoms with van der Waals surface area (Å²) in [5.41, 5.74) is 0.581. The Kier molecular flexibility index (Phi) is 6.22. The number of nitrogens with zero attached hydrogens (tertiary/aromatic N) is 1. The number of rotatable bonds is 7. The van der Waals surface area contributed by atoms with Crippen LogP contribution >= 0.6 is 0 Å². The van der Waals surface area contributed by atoms with E-state index in [0.717, 1.165) is 0 Å². The van der Waals surface area contributed by atoms with E-state index in [1.807, 2.05) is 0 Å². The summed E-state index contributed by atoms with van der Waals surface area (Å²) in [7, 11) is 1.43. The van der Waals surface area contributed by atoms with Gasteiger partial charge in [-0.15, -0.1) is 0 Å². The van der Waals surface area contributed by atoms with E-state index in [0.29, 0.717) is 5.56 Å². The Morgan fingerprint density at radius 1 is 1.29 bits per heavy atom. The molecule has 0 spiro atoms. The number of nitro benzene ring substituents is 1. The van der Waals surface area contributed by atoms with Gasteiger partial charge in [-0.1, -0.05) is 0 Å². The number of hydrogen-bond acceptors (Lipinski definition) is 6. The number of carbonyl (C=O) groups excluding carboxylic acids is 2. The highest BCUT2D eigenvalue weighted by molar-refractivity contribution is 5.94. The number of benzene rings is 1. The quantitative estimate of drug-likeness (QED) is 0.251. The van der Waals surface area contributed by atoms with E-state index in [4.69, 9.17) is 9.47 Å². The van der Waals surface area contributed by atoms with E-state index in [1.54, 1.807) is 0 Å². The molecule has 21 heavy (non-hydrogen) atoms. The van der Waals surface area contributed by atoms with Crippen molar-refractivity contribution in [3.8, 4) is 0 Å². The number of methoxy groups -OCH3 is 1. The van der Waals surface area contributed by atoms with E-state index in [9.17, 15) is 19.7 Å². The number of carbonyl (C=O) groups is 2. The standard InChI is InChI=1S/C14H15NO6/c1-10(16)7-14(17)21-13(9-20-2)8-11-3-5-12(6-4-11)15(18)19/h3-6,8H,7,9H2,1-2H3/b13-8+. The molecule has 0 N–H and O–H groups in total. The fraction of sp³-hybridized carbons (Fsp3) is 0.286. The van der Waals surface area contributed by atoms with Crippen molar-refractivity contribution in [2.24, 2.45) is 0 Å². The molecule has 0 amide bonds. The zero-order chi connectivity index (χ0) is 15.8. The van der Waals surface area contributed by atoms with Crippen LogP contribution in [0.3, 0.4) is 0 Å². The molecule has 0 saturated heterocycles. The molecule has 0 heterocycles. The topological polar surface area (TPSA) is 95.7 Å². The fourth-order valence-electron chi connectivity index (χ4n) is 1.51. The van der Waals surface area contributed by atoms with Gasteiger partial charge in [-0.2, -0.15) is 0 Å². The third-order valence-corrected chi connectivity index (χ3v) is 2.36. The normalized spacial score (nSPS) is 11.0. The highest BCUT2D eigenvalue weighted by Crippen LogP contribution is 2.15. The van der Waals surface area contributed by atoms with Crippen LogP contribution in [0.15, 0.2) is 30.0 Å². The van der Waals surface area contributed by atoms with Gasteiger partial charge in [-0.25, -0.2) is 0 Å². The molecule has 0 unspecified atom stereocenters. The Bertz CT molecular complexity index is 561. The summed E-state index contributed by atoms with van der Waals surface area (Å²) in [5, 5.41) is 10.6. The maximum Gasteiger partial charge on any atom is 0.318 e. The van der Waals surface area contributed by atoms with Gasteiger partial charge < -0.3 is 9.47 Å². The predicted molar refractivity (Wildman–Crippen MR) is 74.3 cm³/mol. The van der Waals surface area contributed by atoms with Crippen molar-refractivity contribution in [1.82, 2.24) is 0 Å². The lowest BCUT2D eigenvalue weighted by Gasteiger charge is -2.07. The van der Waals surface area contributed by atoms with Crippen molar-refractivity contribution in [2.45, 2.75) is 13.3 Å². The molecule has 0 aliphatic heterocycles. The van der Waals surface area contributed by atoms with Crippen LogP contribution < -0.4 is 0 Å². The molecular formula is C14H15NO6. The summed E-state index contributed by atoms with van der Waals surface area (Å²) in [5.74, 6) is -0.752. The number of Topliss-reactive ketones (excluding diaryl/α,β-unsaturated/α-hetero) is 1. The van der Waals surface area contributed by atoms with Crippen LogP contribution in [0.1, 0.15) is 18.9 Å². The van der Waals surface area contributed by atoms with Crippen molar-refractivity contribution in [3.63, 3.8) is 0 Å². The Morgan fingerprint density at radius 3 is 2.38 bits per heavy atom. The SMILES string of the molecule is COC/C(=C\c1ccc([N+](=O)[O-])cc1)OC(=O)CC(C)=O. The number of nitro groups is 1. The van der Waals surface area contributed by atoms with Gasteiger partial charge in [-0.05, 0) is 30.7 Å². The second kappa shape index (κ2) is 7.91. The van der Waals surface area contributed by atoms with Gasteiger partial charge in [0, 0.05) is 19.2 Å². The minimum Gasteiger partial charge on any atom is -0.428 e. The molecule has 0 fully saturated rings. The highest BCUT2D eigenvalue weighted by atomic mass is 16.6. The molecule has 0 atom stereocenters. The van der Waals surface area contributed by atoms with Crippen LogP contribution in [0, 0.1) is 10.1 Å². The van der Waals surface area contributed by atoms with Gasteiger partial charge in [0.1, 0.15) is 24.6 Å². The molecule has 0 radical (unpaired) electrons. The fourth-order valence-corrected chi connectivity index (χ4v) is 1.51. The molecular weight excluding hydrogens is 278 g/mol. The summed E-state index contributed by atoms with van der Waals surface area (Å²) in [6.45, 7) is 1.33. The number of non-ortho nitro benzene ring substituents is 1. The maximum atomic E-state index is 11.4. The van der Waals surface area contributed by atoms with Crippen LogP contribution in [0.2, 0.25) is 0 Å². The third kappa shape index (κ3) is 5.96. The lowest BCUT2D eigenvalue weighted by molar-refractivity contribution is -0.384. The smallest absolute Gasteiger partial charge is 0.318 e. The van der Waals surface area contributed by atoms with Crippen molar-refractivity contribution in [1.29, 1.82) is 0 Å². The molecule has 1 aromatic rings. The van der Waals surface area contributed by atoms with Crippen molar-refractivity contribution in [3.05, 3.63) is 45.7 Å². The summed E-state index contributed by atoms with van der Waals surface area (Å²) < 4.78 is 9.93. The summed E-state index contributed by atoms with van der Waals surface area (Å²) >= 11 is 0. The molecule has 1 aromatic carbocycles. The van der Waals surface area contributed by atoms with Gasteiger partial charge in [0.15, 0.2) is 0 Å². The summed E-state index contributed by atoms with van der Waals surface area (Å²) in [6, 6.07) is 5.72. The van der Waals surface area contributed by atoms with E-state index < -0.39 is 10.9 Å². The lowest BCUT2D eigenvalue weighted by atomic mass is 10.2. The first-order valence-corrected chi connectivity index (χ1v) is 6.06. The first-order valence-electron chi connectivity index (χ1n) is 6.06. The number of hydrogen-bond donors (Lipinski definition) is 0. The lowest BCUT2D eigenvalue weighted by Crippen LogP contribution is -2.11. The molecule has 112 valence electrons. The minimum absolute atomic E-state index is 0.0333. The maximum absolute atomic E-state index is 11.4. The van der Waals surface area contributed by atoms with Gasteiger partial charge in [0.05, 0.1) is 4.92 Å². The monoisotopic (exact) mass is 293 g/mol. The zero-order valence-electron chi connectivity index (χ0n) is 11.7. The van der Waals surface area contributed by atoms with Crippen molar-refractivity contribution in [2.75, 3.05) is 13.7 Å². The summed E-state index contributed by atoms with van der Waals surface area (Å²) in [6.07, 6.45) is 1.20. The van der Waals surface area contributed by atoms with Crippen LogP contribution in [0.4, 0.5) is 5.69 Å². The average molecular weight is 293 g/mol. The average Bonchev–Trinajstić information content (AvgIpc) is 2.38. The first-order chi connectivity index (χ1) is 9.92. The minimum atomic E-state index is -0.673. The Balaban J connectivity index is 2.85. The second-order valence-corrected chi connectivity index (χ2v) is 4.25. The van der Waals surface area contributed by atoms with Gasteiger partial charge in [-0.3, -0.25) is 19.7 Å². The molecule has 1 rings (SSSR count). The predicted octanol–water partition coefficient (Wildman–Crippen LogP) is 2.10. The van der Waals surface area contributed by atoms with Gasteiger partial charge >= 0.3 is 5.97 Å². The van der Waals surface area contributed by atoms with E-state index in [2.05, 4.69) is 0 Å². The third-order valence-electron chi connectivity index (χ3n) is 2.36. The number of esters is 1. The number of ketones is 1. The Morgan fingerprint density at radius 2 is 1.90 bits per heavy atom. The van der Waals surface area contributed by atoms with Crippen LogP contribution in [-0.4, -0.2) is 30.4 Å². The van der Waals surface area contributed by atoms with Gasteiger partial charge in [0.2, 0.25) is 0 Å². The molecule has 0 saturated carbocycles. The molecule has 0 aromatic heterocycles. The Labute approximate surface area is 121 Å². The Hall–Kier alpha value is -2.54. The van der Waals surface area contributed by atoms with Crippen LogP contribution in [0.25, 0.3) is 6.08 Å². The number of ether oxygens (including phenoxy) is 2. The van der Waals surface area contributed by atoms with E-state index >= 15 is 0 Å². The molecule has 7 heteroatoms.